The summed E-state index contributed by atoms with van der Waals surface area (Å²) in [5.74, 6) is 0. The maximum Gasteiger partial charge on any atom is 0.244 e. The topological polar surface area (TPSA) is 87.7 Å². The minimum absolute atomic E-state index is 0.163. The lowest BCUT2D eigenvalue weighted by Gasteiger charge is -2.07. The third kappa shape index (κ3) is 2.57. The Kier molecular flexibility index (Phi) is 3.44. The molecule has 0 saturated heterocycles. The van der Waals surface area contributed by atoms with Crippen molar-refractivity contribution in [2.75, 3.05) is 0 Å². The summed E-state index contributed by atoms with van der Waals surface area (Å²) < 4.78 is 26.5. The van der Waals surface area contributed by atoms with E-state index in [0.29, 0.717) is 11.4 Å². The first kappa shape index (κ1) is 12.7. The fourth-order valence-corrected chi connectivity index (χ4v) is 2.68. The Morgan fingerprint density at radius 2 is 2.17 bits per heavy atom. The van der Waals surface area contributed by atoms with E-state index in [1.807, 2.05) is 19.1 Å². The predicted octanol–water partition coefficient (Wildman–Crippen LogP) is 0.900. The molecule has 0 aliphatic heterocycles. The third-order valence-electron chi connectivity index (χ3n) is 2.62. The number of H-pyrrole nitrogens is 1. The number of sulfonamides is 1. The molecule has 0 fully saturated rings. The van der Waals surface area contributed by atoms with Gasteiger partial charge < -0.3 is 0 Å². The molecule has 0 atom stereocenters. The van der Waals surface area contributed by atoms with Crippen LogP contribution in [0, 0.1) is 13.8 Å². The van der Waals surface area contributed by atoms with E-state index in [0.717, 1.165) is 5.56 Å². The minimum Gasteiger partial charge on any atom is -0.281 e. The molecular formula is C11H14N4O2S. The molecule has 0 aliphatic carbocycles. The molecule has 0 radical (unpaired) electrons. The van der Waals surface area contributed by atoms with Gasteiger partial charge in [-0.25, -0.2) is 13.1 Å². The third-order valence-corrected chi connectivity index (χ3v) is 4.14. The molecule has 0 aliphatic rings. The average Bonchev–Trinajstić information content (AvgIpc) is 2.75. The SMILES string of the molecule is Cc1cccnc1CNS(=O)(=O)c1cn[nH]c1C. The summed E-state index contributed by atoms with van der Waals surface area (Å²) in [6.45, 7) is 3.72. The molecule has 2 N–H and O–H groups in total. The van der Waals surface area contributed by atoms with Crippen molar-refractivity contribution in [1.29, 1.82) is 0 Å². The number of pyridine rings is 1. The van der Waals surface area contributed by atoms with Crippen LogP contribution in [0.15, 0.2) is 29.4 Å². The second-order valence-corrected chi connectivity index (χ2v) is 5.69. The van der Waals surface area contributed by atoms with Crippen molar-refractivity contribution in [3.05, 3.63) is 41.5 Å². The first-order chi connectivity index (χ1) is 8.50. The van der Waals surface area contributed by atoms with Gasteiger partial charge in [0, 0.05) is 6.20 Å². The normalized spacial score (nSPS) is 11.7. The number of aromatic nitrogens is 3. The van der Waals surface area contributed by atoms with E-state index < -0.39 is 10.0 Å². The summed E-state index contributed by atoms with van der Waals surface area (Å²) in [6, 6.07) is 3.70. The lowest BCUT2D eigenvalue weighted by molar-refractivity contribution is 0.579. The lowest BCUT2D eigenvalue weighted by Crippen LogP contribution is -2.24. The molecule has 96 valence electrons. The predicted molar refractivity (Wildman–Crippen MR) is 66.3 cm³/mol. The van der Waals surface area contributed by atoms with Crippen LogP contribution in [-0.2, 0) is 16.6 Å². The highest BCUT2D eigenvalue weighted by atomic mass is 32.2. The van der Waals surface area contributed by atoms with Gasteiger partial charge in [0.2, 0.25) is 10.0 Å². The summed E-state index contributed by atoms with van der Waals surface area (Å²) in [4.78, 5) is 4.30. The van der Waals surface area contributed by atoms with Crippen molar-refractivity contribution in [1.82, 2.24) is 19.9 Å². The van der Waals surface area contributed by atoms with Gasteiger partial charge in [-0.3, -0.25) is 10.1 Å². The van der Waals surface area contributed by atoms with Crippen LogP contribution in [-0.4, -0.2) is 23.6 Å². The van der Waals surface area contributed by atoms with Crippen molar-refractivity contribution < 1.29 is 8.42 Å². The summed E-state index contributed by atoms with van der Waals surface area (Å²) >= 11 is 0. The largest absolute Gasteiger partial charge is 0.281 e. The zero-order chi connectivity index (χ0) is 13.2. The van der Waals surface area contributed by atoms with E-state index in [-0.39, 0.29) is 11.4 Å². The molecule has 0 aromatic carbocycles. The van der Waals surface area contributed by atoms with Crippen molar-refractivity contribution in [2.45, 2.75) is 25.3 Å². The lowest BCUT2D eigenvalue weighted by atomic mass is 10.2. The molecule has 18 heavy (non-hydrogen) atoms. The van der Waals surface area contributed by atoms with Crippen LogP contribution in [0.25, 0.3) is 0 Å². The molecular weight excluding hydrogens is 252 g/mol. The van der Waals surface area contributed by atoms with Crippen LogP contribution in [0.2, 0.25) is 0 Å². The van der Waals surface area contributed by atoms with Crippen molar-refractivity contribution in [2.24, 2.45) is 0 Å². The molecule has 0 bridgehead atoms. The maximum atomic E-state index is 12.0. The van der Waals surface area contributed by atoms with Gasteiger partial charge in [-0.1, -0.05) is 6.07 Å². The first-order valence-corrected chi connectivity index (χ1v) is 6.89. The van der Waals surface area contributed by atoms with Crippen molar-refractivity contribution in [3.63, 3.8) is 0 Å². The van der Waals surface area contributed by atoms with E-state index >= 15 is 0 Å². The van der Waals surface area contributed by atoms with Crippen LogP contribution in [0.4, 0.5) is 0 Å². The zero-order valence-electron chi connectivity index (χ0n) is 10.1. The van der Waals surface area contributed by atoms with Crippen LogP contribution in [0.3, 0.4) is 0 Å². The molecule has 0 spiro atoms. The maximum absolute atomic E-state index is 12.0. The molecule has 7 heteroatoms. The van der Waals surface area contributed by atoms with Gasteiger partial charge in [-0.2, -0.15) is 5.10 Å². The Labute approximate surface area is 106 Å². The first-order valence-electron chi connectivity index (χ1n) is 5.41. The fourth-order valence-electron chi connectivity index (χ4n) is 1.56. The van der Waals surface area contributed by atoms with Crippen molar-refractivity contribution >= 4 is 10.0 Å². The van der Waals surface area contributed by atoms with Gasteiger partial charge in [-0.05, 0) is 25.5 Å². The number of aryl methyl sites for hydroxylation is 2. The van der Waals surface area contributed by atoms with Gasteiger partial charge in [0.15, 0.2) is 0 Å². The summed E-state index contributed by atoms with van der Waals surface area (Å²) in [7, 11) is -3.55. The number of nitrogens with one attached hydrogen (secondary N) is 2. The summed E-state index contributed by atoms with van der Waals surface area (Å²) in [5, 5.41) is 6.30. The molecule has 0 unspecified atom stereocenters. The Hall–Kier alpha value is -1.73. The van der Waals surface area contributed by atoms with Gasteiger partial charge >= 0.3 is 0 Å². The van der Waals surface area contributed by atoms with Gasteiger partial charge in [0.25, 0.3) is 0 Å². The van der Waals surface area contributed by atoms with Crippen molar-refractivity contribution in [3.8, 4) is 0 Å². The Morgan fingerprint density at radius 1 is 1.39 bits per heavy atom. The summed E-state index contributed by atoms with van der Waals surface area (Å²) in [5.41, 5.74) is 2.17. The monoisotopic (exact) mass is 266 g/mol. The number of aromatic amines is 1. The van der Waals surface area contributed by atoms with E-state index in [1.165, 1.54) is 6.20 Å². The molecule has 0 saturated carbocycles. The number of nitrogens with zero attached hydrogens (tertiary/aromatic N) is 2. The Bertz CT molecular complexity index is 649. The van der Waals surface area contributed by atoms with E-state index in [9.17, 15) is 8.42 Å². The molecule has 2 rings (SSSR count). The number of hydrogen-bond acceptors (Lipinski definition) is 4. The quantitative estimate of drug-likeness (QED) is 0.860. The molecule has 0 amide bonds. The second-order valence-electron chi connectivity index (χ2n) is 3.95. The highest BCUT2D eigenvalue weighted by Crippen LogP contribution is 2.11. The minimum atomic E-state index is -3.55. The van der Waals surface area contributed by atoms with Crippen LogP contribution in [0.1, 0.15) is 17.0 Å². The fraction of sp³-hybridized carbons (Fsp3) is 0.273. The zero-order valence-corrected chi connectivity index (χ0v) is 11.0. The van der Waals surface area contributed by atoms with Gasteiger partial charge in [0.1, 0.15) is 4.90 Å². The smallest absolute Gasteiger partial charge is 0.244 e. The molecule has 6 nitrogen and oxygen atoms in total. The van der Waals surface area contributed by atoms with Gasteiger partial charge in [-0.15, -0.1) is 0 Å². The second kappa shape index (κ2) is 4.87. The molecule has 2 aromatic rings. The number of rotatable bonds is 4. The Morgan fingerprint density at radius 3 is 2.78 bits per heavy atom. The van der Waals surface area contributed by atoms with E-state index in [2.05, 4.69) is 19.9 Å². The average molecular weight is 266 g/mol. The van der Waals surface area contributed by atoms with Crippen LogP contribution in [0.5, 0.6) is 0 Å². The molecule has 2 aromatic heterocycles. The highest BCUT2D eigenvalue weighted by molar-refractivity contribution is 7.89. The molecule has 2 heterocycles. The standard InChI is InChI=1S/C11H14N4O2S/c1-8-4-3-5-12-10(8)6-14-18(16,17)11-7-13-15-9(11)2/h3-5,7,14H,6H2,1-2H3,(H,13,15). The van der Waals surface area contributed by atoms with Gasteiger partial charge in [0.05, 0.1) is 24.1 Å². The van der Waals surface area contributed by atoms with Crippen LogP contribution < -0.4 is 4.72 Å². The Balaban J connectivity index is 2.16. The van der Waals surface area contributed by atoms with Crippen LogP contribution >= 0.6 is 0 Å². The highest BCUT2D eigenvalue weighted by Gasteiger charge is 2.18. The van der Waals surface area contributed by atoms with E-state index in [4.69, 9.17) is 0 Å². The summed E-state index contributed by atoms with van der Waals surface area (Å²) in [6.07, 6.45) is 2.93. The number of hydrogen-bond donors (Lipinski definition) is 2. The van der Waals surface area contributed by atoms with E-state index in [1.54, 1.807) is 13.1 Å².